The van der Waals surface area contributed by atoms with Crippen molar-refractivity contribution in [1.29, 1.82) is 0 Å². The molecule has 0 spiro atoms. The van der Waals surface area contributed by atoms with Crippen LogP contribution in [0.4, 0.5) is 0 Å². The highest BCUT2D eigenvalue weighted by Gasteiger charge is 2.15. The Hall–Kier alpha value is -3.28. The molecule has 0 atom stereocenters. The second-order valence-corrected chi connectivity index (χ2v) is 6.23. The number of nitrogens with zero attached hydrogens (tertiary/aromatic N) is 3. The Bertz CT molecular complexity index is 906. The standard InChI is InChI=1S/C21H23N3O3/c1-23(14-16-13-22-24(15-16)18-7-5-4-6-8-18)21(25)11-17-9-10-19(26-2)12-20(17)27-3/h4-10,12-13,15H,11,14H2,1-3H3. The lowest BCUT2D eigenvalue weighted by Crippen LogP contribution is -2.27. The SMILES string of the molecule is COc1ccc(CC(=O)N(C)Cc2cnn(-c3ccccc3)c2)c(OC)c1. The average Bonchev–Trinajstić information content (AvgIpc) is 3.17. The fourth-order valence-electron chi connectivity index (χ4n) is 2.82. The van der Waals surface area contributed by atoms with E-state index in [0.29, 0.717) is 18.0 Å². The van der Waals surface area contributed by atoms with Crippen LogP contribution in [0.15, 0.2) is 60.9 Å². The Kier molecular flexibility index (Phi) is 5.76. The van der Waals surface area contributed by atoms with Gasteiger partial charge in [0.25, 0.3) is 0 Å². The number of methoxy groups -OCH3 is 2. The molecule has 0 saturated heterocycles. The number of ether oxygens (including phenoxy) is 2. The summed E-state index contributed by atoms with van der Waals surface area (Å²) < 4.78 is 12.4. The zero-order valence-electron chi connectivity index (χ0n) is 15.8. The van der Waals surface area contributed by atoms with Crippen LogP contribution in [0.5, 0.6) is 11.5 Å². The second kappa shape index (κ2) is 8.40. The van der Waals surface area contributed by atoms with Crippen molar-refractivity contribution in [2.45, 2.75) is 13.0 Å². The third-order valence-electron chi connectivity index (χ3n) is 4.34. The number of hydrogen-bond donors (Lipinski definition) is 0. The van der Waals surface area contributed by atoms with Crippen LogP contribution in [0.3, 0.4) is 0 Å². The maximum absolute atomic E-state index is 12.6. The Morgan fingerprint density at radius 1 is 1.11 bits per heavy atom. The van der Waals surface area contributed by atoms with Gasteiger partial charge in [-0.15, -0.1) is 0 Å². The van der Waals surface area contributed by atoms with E-state index in [4.69, 9.17) is 9.47 Å². The van der Waals surface area contributed by atoms with Crippen LogP contribution in [0.1, 0.15) is 11.1 Å². The number of amides is 1. The van der Waals surface area contributed by atoms with Crippen molar-refractivity contribution in [2.75, 3.05) is 21.3 Å². The molecular formula is C21H23N3O3. The molecule has 1 aromatic heterocycles. The molecule has 0 bridgehead atoms. The quantitative estimate of drug-likeness (QED) is 0.646. The van der Waals surface area contributed by atoms with E-state index in [2.05, 4.69) is 5.10 Å². The molecule has 2 aromatic carbocycles. The van der Waals surface area contributed by atoms with Crippen molar-refractivity contribution < 1.29 is 14.3 Å². The molecule has 0 fully saturated rings. The molecule has 27 heavy (non-hydrogen) atoms. The van der Waals surface area contributed by atoms with E-state index in [0.717, 1.165) is 16.8 Å². The Morgan fingerprint density at radius 3 is 2.59 bits per heavy atom. The third kappa shape index (κ3) is 4.47. The van der Waals surface area contributed by atoms with Crippen molar-refractivity contribution >= 4 is 5.91 Å². The van der Waals surface area contributed by atoms with Crippen LogP contribution in [0.2, 0.25) is 0 Å². The fourth-order valence-corrected chi connectivity index (χ4v) is 2.82. The predicted molar refractivity (Wildman–Crippen MR) is 103 cm³/mol. The van der Waals surface area contributed by atoms with Gasteiger partial charge >= 0.3 is 0 Å². The predicted octanol–water partition coefficient (Wildman–Crippen LogP) is 3.09. The van der Waals surface area contributed by atoms with Gasteiger partial charge in [0.1, 0.15) is 11.5 Å². The summed E-state index contributed by atoms with van der Waals surface area (Å²) in [6.07, 6.45) is 3.98. The average molecular weight is 365 g/mol. The molecule has 3 rings (SSSR count). The van der Waals surface area contributed by atoms with Gasteiger partial charge in [-0.1, -0.05) is 24.3 Å². The molecule has 0 saturated carbocycles. The molecule has 0 N–H and O–H groups in total. The number of hydrogen-bond acceptors (Lipinski definition) is 4. The lowest BCUT2D eigenvalue weighted by atomic mass is 10.1. The lowest BCUT2D eigenvalue weighted by molar-refractivity contribution is -0.129. The highest BCUT2D eigenvalue weighted by atomic mass is 16.5. The fraction of sp³-hybridized carbons (Fsp3) is 0.238. The lowest BCUT2D eigenvalue weighted by Gasteiger charge is -2.17. The van der Waals surface area contributed by atoms with Gasteiger partial charge in [0.15, 0.2) is 0 Å². The second-order valence-electron chi connectivity index (χ2n) is 6.23. The normalized spacial score (nSPS) is 10.5. The molecule has 6 heteroatoms. The summed E-state index contributed by atoms with van der Waals surface area (Å²) in [4.78, 5) is 14.3. The van der Waals surface area contributed by atoms with Crippen molar-refractivity contribution in [3.8, 4) is 17.2 Å². The van der Waals surface area contributed by atoms with Crippen molar-refractivity contribution in [3.05, 3.63) is 72.1 Å². The van der Waals surface area contributed by atoms with Crippen LogP contribution in [-0.4, -0.2) is 41.9 Å². The molecule has 140 valence electrons. The zero-order chi connectivity index (χ0) is 19.2. The summed E-state index contributed by atoms with van der Waals surface area (Å²) in [6.45, 7) is 0.490. The van der Waals surface area contributed by atoms with Crippen LogP contribution < -0.4 is 9.47 Å². The Balaban J connectivity index is 1.65. The van der Waals surface area contributed by atoms with Crippen LogP contribution in [-0.2, 0) is 17.8 Å². The van der Waals surface area contributed by atoms with Gasteiger partial charge in [0.05, 0.1) is 32.5 Å². The van der Waals surface area contributed by atoms with E-state index in [1.807, 2.05) is 48.7 Å². The van der Waals surface area contributed by atoms with E-state index in [-0.39, 0.29) is 12.3 Å². The topological polar surface area (TPSA) is 56.6 Å². The maximum Gasteiger partial charge on any atom is 0.227 e. The van der Waals surface area contributed by atoms with E-state index in [1.165, 1.54) is 0 Å². The number of likely N-dealkylation sites (N-methyl/N-ethyl adjacent to an activating group) is 1. The van der Waals surface area contributed by atoms with E-state index < -0.39 is 0 Å². The van der Waals surface area contributed by atoms with Crippen LogP contribution >= 0.6 is 0 Å². The van der Waals surface area contributed by atoms with Gasteiger partial charge in [0.2, 0.25) is 5.91 Å². The Morgan fingerprint density at radius 2 is 1.89 bits per heavy atom. The van der Waals surface area contributed by atoms with E-state index in [1.54, 1.807) is 43.1 Å². The number of rotatable bonds is 7. The summed E-state index contributed by atoms with van der Waals surface area (Å²) in [5.41, 5.74) is 2.78. The molecule has 0 aliphatic carbocycles. The minimum atomic E-state index is 0.00549. The van der Waals surface area contributed by atoms with Crippen molar-refractivity contribution in [1.82, 2.24) is 14.7 Å². The molecule has 1 amide bonds. The molecule has 1 heterocycles. The van der Waals surface area contributed by atoms with Gasteiger partial charge in [0, 0.05) is 37.0 Å². The van der Waals surface area contributed by atoms with Gasteiger partial charge in [-0.05, 0) is 18.2 Å². The summed E-state index contributed by atoms with van der Waals surface area (Å²) in [6, 6.07) is 15.3. The summed E-state index contributed by atoms with van der Waals surface area (Å²) in [5, 5.41) is 4.37. The first-order valence-corrected chi connectivity index (χ1v) is 8.64. The minimum Gasteiger partial charge on any atom is -0.497 e. The third-order valence-corrected chi connectivity index (χ3v) is 4.34. The highest BCUT2D eigenvalue weighted by molar-refractivity contribution is 5.79. The zero-order valence-corrected chi connectivity index (χ0v) is 15.8. The minimum absolute atomic E-state index is 0.00549. The molecule has 0 unspecified atom stereocenters. The molecule has 0 radical (unpaired) electrons. The number of aromatic nitrogens is 2. The number of carbonyl (C=O) groups excluding carboxylic acids is 1. The molecule has 3 aromatic rings. The Labute approximate surface area is 158 Å². The molecule has 0 aliphatic heterocycles. The first-order chi connectivity index (χ1) is 13.1. The summed E-state index contributed by atoms with van der Waals surface area (Å²) in [7, 11) is 4.98. The maximum atomic E-state index is 12.6. The van der Waals surface area contributed by atoms with Gasteiger partial charge in [-0.3, -0.25) is 4.79 Å². The number of para-hydroxylation sites is 1. The van der Waals surface area contributed by atoms with E-state index in [9.17, 15) is 4.79 Å². The van der Waals surface area contributed by atoms with Gasteiger partial charge < -0.3 is 14.4 Å². The summed E-state index contributed by atoms with van der Waals surface area (Å²) >= 11 is 0. The largest absolute Gasteiger partial charge is 0.497 e. The number of carbonyl (C=O) groups is 1. The van der Waals surface area contributed by atoms with Gasteiger partial charge in [-0.2, -0.15) is 5.10 Å². The van der Waals surface area contributed by atoms with Crippen LogP contribution in [0.25, 0.3) is 5.69 Å². The van der Waals surface area contributed by atoms with Crippen molar-refractivity contribution in [3.63, 3.8) is 0 Å². The molecular weight excluding hydrogens is 342 g/mol. The first-order valence-electron chi connectivity index (χ1n) is 8.64. The first kappa shape index (κ1) is 18.5. The smallest absolute Gasteiger partial charge is 0.227 e. The van der Waals surface area contributed by atoms with Crippen LogP contribution in [0, 0.1) is 0 Å². The highest BCUT2D eigenvalue weighted by Crippen LogP contribution is 2.25. The summed E-state index contributed by atoms with van der Waals surface area (Å²) in [5.74, 6) is 1.35. The van der Waals surface area contributed by atoms with Gasteiger partial charge in [-0.25, -0.2) is 4.68 Å². The monoisotopic (exact) mass is 365 g/mol. The molecule has 0 aliphatic rings. The van der Waals surface area contributed by atoms with E-state index >= 15 is 0 Å². The molecule has 6 nitrogen and oxygen atoms in total. The number of benzene rings is 2. The van der Waals surface area contributed by atoms with Crippen molar-refractivity contribution in [2.24, 2.45) is 0 Å².